The van der Waals surface area contributed by atoms with Crippen LogP contribution in [0.25, 0.3) is 11.1 Å². The van der Waals surface area contributed by atoms with Gasteiger partial charge in [0, 0.05) is 37.8 Å². The van der Waals surface area contributed by atoms with Crippen LogP contribution < -0.4 is 10.6 Å². The fourth-order valence-electron chi connectivity index (χ4n) is 3.03. The average molecular weight is 423 g/mol. The summed E-state index contributed by atoms with van der Waals surface area (Å²) in [6.07, 6.45) is 4.66. The lowest BCUT2D eigenvalue weighted by molar-refractivity contribution is -0.118. The number of nitrogen functional groups attached to an aromatic ring is 1. The molecule has 7 heteroatoms. The predicted octanol–water partition coefficient (Wildman–Crippen LogP) is 4.57. The van der Waals surface area contributed by atoms with Gasteiger partial charge in [0.1, 0.15) is 11.5 Å². The highest BCUT2D eigenvalue weighted by Gasteiger charge is 2.14. The number of aromatic nitrogens is 2. The Kier molecular flexibility index (Phi) is 6.79. The molecule has 30 heavy (non-hydrogen) atoms. The number of hydrogen-bond donors (Lipinski definition) is 1. The normalized spacial score (nSPS) is 10.6. The van der Waals surface area contributed by atoms with Crippen molar-refractivity contribution in [3.05, 3.63) is 71.1 Å². The van der Waals surface area contributed by atoms with Crippen LogP contribution in [0.4, 0.5) is 11.5 Å². The maximum Gasteiger partial charge on any atom is 0.226 e. The van der Waals surface area contributed by atoms with Crippen LogP contribution in [0.2, 0.25) is 5.02 Å². The molecule has 0 fully saturated rings. The minimum absolute atomic E-state index is 0.0102. The van der Waals surface area contributed by atoms with E-state index in [2.05, 4.69) is 9.97 Å². The van der Waals surface area contributed by atoms with Crippen LogP contribution in [0.3, 0.4) is 0 Å². The molecule has 154 valence electrons. The van der Waals surface area contributed by atoms with Gasteiger partial charge in [-0.05, 0) is 41.8 Å². The number of nitrogens with zero attached hydrogens (tertiary/aromatic N) is 3. The van der Waals surface area contributed by atoms with Gasteiger partial charge in [0.2, 0.25) is 5.91 Å². The Labute approximate surface area is 180 Å². The van der Waals surface area contributed by atoms with Gasteiger partial charge in [-0.15, -0.1) is 0 Å². The van der Waals surface area contributed by atoms with E-state index in [0.29, 0.717) is 41.5 Å². The summed E-state index contributed by atoms with van der Waals surface area (Å²) in [5.41, 5.74) is 9.30. The fourth-order valence-corrected chi connectivity index (χ4v) is 3.34. The number of amides is 1. The number of carbonyl (C=O) groups excluding carboxylic acids is 2. The zero-order valence-electron chi connectivity index (χ0n) is 16.9. The summed E-state index contributed by atoms with van der Waals surface area (Å²) >= 11 is 6.38. The number of pyridine rings is 2. The second kappa shape index (κ2) is 9.50. The minimum atomic E-state index is -0.0357. The smallest absolute Gasteiger partial charge is 0.226 e. The first-order valence-corrected chi connectivity index (χ1v) is 10.0. The molecule has 1 aromatic carbocycles. The quantitative estimate of drug-likeness (QED) is 0.563. The monoisotopic (exact) mass is 422 g/mol. The largest absolute Gasteiger partial charge is 0.384 e. The summed E-state index contributed by atoms with van der Waals surface area (Å²) in [5.74, 6) is 0.412. The number of rotatable bonds is 7. The van der Waals surface area contributed by atoms with Gasteiger partial charge in [-0.3, -0.25) is 14.6 Å². The Morgan fingerprint density at radius 1 is 1.03 bits per heavy atom. The number of benzene rings is 1. The predicted molar refractivity (Wildman–Crippen MR) is 120 cm³/mol. The molecule has 3 rings (SSSR count). The lowest BCUT2D eigenvalue weighted by Gasteiger charge is -2.18. The molecule has 0 atom stereocenters. The Hall–Kier alpha value is -3.25. The Morgan fingerprint density at radius 2 is 1.80 bits per heavy atom. The van der Waals surface area contributed by atoms with Crippen molar-refractivity contribution >= 4 is 34.8 Å². The van der Waals surface area contributed by atoms with E-state index in [-0.39, 0.29) is 11.7 Å². The van der Waals surface area contributed by atoms with Gasteiger partial charge in [-0.2, -0.15) is 0 Å². The lowest BCUT2D eigenvalue weighted by atomic mass is 10.0. The van der Waals surface area contributed by atoms with Crippen molar-refractivity contribution in [1.82, 2.24) is 9.97 Å². The molecule has 0 unspecified atom stereocenters. The van der Waals surface area contributed by atoms with Crippen molar-refractivity contribution < 1.29 is 9.59 Å². The molecule has 2 heterocycles. The highest BCUT2D eigenvalue weighted by Crippen LogP contribution is 2.31. The number of nitrogens with two attached hydrogens (primary N) is 1. The highest BCUT2D eigenvalue weighted by molar-refractivity contribution is 6.34. The van der Waals surface area contributed by atoms with Crippen LogP contribution >= 0.6 is 11.6 Å². The molecule has 2 aromatic heterocycles. The van der Waals surface area contributed by atoms with Crippen molar-refractivity contribution in [2.24, 2.45) is 0 Å². The molecule has 0 saturated carbocycles. The van der Waals surface area contributed by atoms with Gasteiger partial charge < -0.3 is 10.6 Å². The molecule has 0 saturated heterocycles. The number of hydrogen-bond acceptors (Lipinski definition) is 5. The fraction of sp³-hybridized carbons (Fsp3) is 0.217. The standard InChI is InChI=1S/C23H23ClN4O2/c1-3-23(30)28(2)20-9-7-16(12-18(20)24)17-6-8-19(26-14-17)21(29)10-4-15-5-11-22(25)27-13-15/h5-9,11-14H,3-4,10H2,1-2H3,(H2,25,27). The van der Waals surface area contributed by atoms with Gasteiger partial charge in [0.25, 0.3) is 0 Å². The summed E-state index contributed by atoms with van der Waals surface area (Å²) < 4.78 is 0. The van der Waals surface area contributed by atoms with Crippen molar-refractivity contribution in [3.8, 4) is 11.1 Å². The van der Waals surface area contributed by atoms with Crippen LogP contribution in [-0.2, 0) is 11.2 Å². The SMILES string of the molecule is CCC(=O)N(C)c1ccc(-c2ccc(C(=O)CCc3ccc(N)nc3)nc2)cc1Cl. The molecular formula is C23H23ClN4O2. The van der Waals surface area contributed by atoms with E-state index in [1.165, 1.54) is 0 Å². The van der Waals surface area contributed by atoms with E-state index in [9.17, 15) is 9.59 Å². The number of halogens is 1. The number of carbonyl (C=O) groups is 2. The second-order valence-corrected chi connectivity index (χ2v) is 7.33. The van der Waals surface area contributed by atoms with Gasteiger partial charge >= 0.3 is 0 Å². The zero-order valence-corrected chi connectivity index (χ0v) is 17.7. The van der Waals surface area contributed by atoms with Crippen LogP contribution in [0, 0.1) is 0 Å². The first-order valence-electron chi connectivity index (χ1n) is 9.65. The van der Waals surface area contributed by atoms with Crippen LogP contribution in [-0.4, -0.2) is 28.7 Å². The van der Waals surface area contributed by atoms with E-state index in [4.69, 9.17) is 17.3 Å². The minimum Gasteiger partial charge on any atom is -0.384 e. The third-order valence-corrected chi connectivity index (χ3v) is 5.16. The van der Waals surface area contributed by atoms with E-state index in [0.717, 1.165) is 16.7 Å². The molecule has 6 nitrogen and oxygen atoms in total. The summed E-state index contributed by atoms with van der Waals surface area (Å²) in [6, 6.07) is 12.6. The first-order chi connectivity index (χ1) is 14.4. The second-order valence-electron chi connectivity index (χ2n) is 6.92. The van der Waals surface area contributed by atoms with E-state index in [1.54, 1.807) is 42.5 Å². The third-order valence-electron chi connectivity index (χ3n) is 4.86. The van der Waals surface area contributed by atoms with Gasteiger partial charge in [-0.25, -0.2) is 4.98 Å². The molecule has 1 amide bonds. The van der Waals surface area contributed by atoms with Gasteiger partial charge in [-0.1, -0.05) is 36.7 Å². The molecule has 0 bridgehead atoms. The van der Waals surface area contributed by atoms with Crippen molar-refractivity contribution in [3.63, 3.8) is 0 Å². The summed E-state index contributed by atoms with van der Waals surface area (Å²) in [4.78, 5) is 34.2. The topological polar surface area (TPSA) is 89.2 Å². The van der Waals surface area contributed by atoms with Crippen molar-refractivity contribution in [2.75, 3.05) is 17.7 Å². The lowest BCUT2D eigenvalue weighted by Crippen LogP contribution is -2.25. The molecule has 0 aliphatic carbocycles. The van der Waals surface area contributed by atoms with E-state index >= 15 is 0 Å². The Balaban J connectivity index is 1.69. The zero-order chi connectivity index (χ0) is 21.7. The summed E-state index contributed by atoms with van der Waals surface area (Å²) in [6.45, 7) is 1.81. The molecule has 0 radical (unpaired) electrons. The summed E-state index contributed by atoms with van der Waals surface area (Å²) in [5, 5.41) is 0.481. The van der Waals surface area contributed by atoms with Gasteiger partial charge in [0.15, 0.2) is 5.78 Å². The molecule has 2 N–H and O–H groups in total. The van der Waals surface area contributed by atoms with Crippen LogP contribution in [0.15, 0.2) is 54.9 Å². The van der Waals surface area contributed by atoms with Crippen LogP contribution in [0.1, 0.15) is 35.8 Å². The third kappa shape index (κ3) is 5.02. The maximum absolute atomic E-state index is 12.4. The number of Topliss-reactive ketones (excluding diaryl/α,β-unsaturated/α-hetero) is 1. The molecule has 0 aliphatic rings. The van der Waals surface area contributed by atoms with Crippen molar-refractivity contribution in [2.45, 2.75) is 26.2 Å². The van der Waals surface area contributed by atoms with Gasteiger partial charge in [0.05, 0.1) is 10.7 Å². The summed E-state index contributed by atoms with van der Waals surface area (Å²) in [7, 11) is 1.70. The number of aryl methyl sites for hydroxylation is 1. The maximum atomic E-state index is 12.4. The number of ketones is 1. The molecule has 3 aromatic rings. The number of anilines is 2. The Morgan fingerprint density at radius 3 is 2.40 bits per heavy atom. The van der Waals surface area contributed by atoms with Crippen molar-refractivity contribution in [1.29, 1.82) is 0 Å². The van der Waals surface area contributed by atoms with E-state index in [1.807, 2.05) is 31.2 Å². The average Bonchev–Trinajstić information content (AvgIpc) is 2.77. The first kappa shape index (κ1) is 21.5. The Bertz CT molecular complexity index is 1050. The molecule has 0 spiro atoms. The van der Waals surface area contributed by atoms with E-state index < -0.39 is 0 Å². The van der Waals surface area contributed by atoms with Crippen LogP contribution in [0.5, 0.6) is 0 Å². The molecular weight excluding hydrogens is 400 g/mol. The highest BCUT2D eigenvalue weighted by atomic mass is 35.5. The molecule has 0 aliphatic heterocycles.